The standard InChI is InChI=1S/C22H20BrN5O4/c1-30-16-7-8-18(31-2)17(13-16)21-26-25-19-9-10-20(27-28(19)21)32-12-11-24-22(29)14-3-5-15(23)6-4-14/h3-10,13H,11-12H2,1-2H3,(H,24,29). The van der Waals surface area contributed by atoms with Gasteiger partial charge in [-0.1, -0.05) is 15.9 Å². The molecule has 2 aromatic carbocycles. The summed E-state index contributed by atoms with van der Waals surface area (Å²) in [7, 11) is 3.17. The highest BCUT2D eigenvalue weighted by atomic mass is 79.9. The Morgan fingerprint density at radius 1 is 1.03 bits per heavy atom. The second-order valence-corrected chi connectivity index (χ2v) is 7.56. The number of carbonyl (C=O) groups is 1. The van der Waals surface area contributed by atoms with Crippen LogP contribution in [0.3, 0.4) is 0 Å². The highest BCUT2D eigenvalue weighted by molar-refractivity contribution is 9.10. The SMILES string of the molecule is COc1ccc(OC)c(-c2nnc3ccc(OCCNC(=O)c4ccc(Br)cc4)nn23)c1. The monoisotopic (exact) mass is 497 g/mol. The first-order valence-corrected chi connectivity index (χ1v) is 10.5. The van der Waals surface area contributed by atoms with Crippen LogP contribution < -0.4 is 19.5 Å². The van der Waals surface area contributed by atoms with E-state index in [1.807, 2.05) is 18.2 Å². The molecule has 1 N–H and O–H groups in total. The molecule has 0 bridgehead atoms. The second kappa shape index (κ2) is 9.65. The van der Waals surface area contributed by atoms with Crippen molar-refractivity contribution in [3.63, 3.8) is 0 Å². The minimum absolute atomic E-state index is 0.171. The molecule has 164 valence electrons. The van der Waals surface area contributed by atoms with Crippen molar-refractivity contribution in [2.24, 2.45) is 0 Å². The summed E-state index contributed by atoms with van der Waals surface area (Å²) >= 11 is 3.35. The van der Waals surface area contributed by atoms with Gasteiger partial charge in [-0.3, -0.25) is 4.79 Å². The van der Waals surface area contributed by atoms with E-state index in [1.165, 1.54) is 0 Å². The number of fused-ring (bicyclic) bond motifs is 1. The number of benzene rings is 2. The van der Waals surface area contributed by atoms with Gasteiger partial charge in [0.1, 0.15) is 18.1 Å². The number of aromatic nitrogens is 4. The zero-order chi connectivity index (χ0) is 22.5. The zero-order valence-electron chi connectivity index (χ0n) is 17.4. The van der Waals surface area contributed by atoms with Gasteiger partial charge in [-0.2, -0.15) is 4.52 Å². The third-order valence-electron chi connectivity index (χ3n) is 4.63. The number of ether oxygens (including phenoxy) is 3. The Hall–Kier alpha value is -3.66. The van der Waals surface area contributed by atoms with Gasteiger partial charge in [-0.15, -0.1) is 15.3 Å². The van der Waals surface area contributed by atoms with Crippen LogP contribution in [0.2, 0.25) is 0 Å². The topological polar surface area (TPSA) is 99.9 Å². The van der Waals surface area contributed by atoms with Crippen LogP contribution in [0.4, 0.5) is 0 Å². The molecule has 0 saturated heterocycles. The van der Waals surface area contributed by atoms with Crippen LogP contribution in [0.5, 0.6) is 17.4 Å². The largest absolute Gasteiger partial charge is 0.497 e. The van der Waals surface area contributed by atoms with Crippen molar-refractivity contribution < 1.29 is 19.0 Å². The fraction of sp³-hybridized carbons (Fsp3) is 0.182. The summed E-state index contributed by atoms with van der Waals surface area (Å²) < 4.78 is 19.0. The normalized spacial score (nSPS) is 10.7. The van der Waals surface area contributed by atoms with Gasteiger partial charge in [0.05, 0.1) is 26.3 Å². The number of hydrogen-bond donors (Lipinski definition) is 1. The lowest BCUT2D eigenvalue weighted by Gasteiger charge is -2.10. The fourth-order valence-corrected chi connectivity index (χ4v) is 3.29. The zero-order valence-corrected chi connectivity index (χ0v) is 19.0. The quantitative estimate of drug-likeness (QED) is 0.372. The Morgan fingerprint density at radius 3 is 2.59 bits per heavy atom. The third-order valence-corrected chi connectivity index (χ3v) is 5.16. The van der Waals surface area contributed by atoms with Crippen LogP contribution >= 0.6 is 15.9 Å². The molecule has 1 amide bonds. The van der Waals surface area contributed by atoms with Crippen LogP contribution in [-0.4, -0.2) is 53.1 Å². The molecule has 0 atom stereocenters. The summed E-state index contributed by atoms with van der Waals surface area (Å²) in [6.45, 7) is 0.577. The summed E-state index contributed by atoms with van der Waals surface area (Å²) in [5, 5.41) is 15.7. The molecule has 0 aliphatic carbocycles. The van der Waals surface area contributed by atoms with E-state index in [2.05, 4.69) is 36.5 Å². The van der Waals surface area contributed by atoms with Gasteiger partial charge in [-0.05, 0) is 48.5 Å². The molecule has 0 saturated carbocycles. The molecule has 32 heavy (non-hydrogen) atoms. The molecule has 4 aromatic rings. The first-order valence-electron chi connectivity index (χ1n) is 9.70. The average Bonchev–Trinajstić information content (AvgIpc) is 3.24. The maximum Gasteiger partial charge on any atom is 0.251 e. The van der Waals surface area contributed by atoms with Crippen LogP contribution in [0.1, 0.15) is 10.4 Å². The van der Waals surface area contributed by atoms with Crippen LogP contribution in [0, 0.1) is 0 Å². The van der Waals surface area contributed by atoms with E-state index in [-0.39, 0.29) is 12.5 Å². The number of nitrogens with one attached hydrogen (secondary N) is 1. The molecule has 0 spiro atoms. The van der Waals surface area contributed by atoms with Gasteiger partial charge in [-0.25, -0.2) is 0 Å². The van der Waals surface area contributed by atoms with Gasteiger partial charge in [0, 0.05) is 16.1 Å². The third kappa shape index (κ3) is 4.65. The van der Waals surface area contributed by atoms with E-state index in [0.717, 1.165) is 4.47 Å². The number of methoxy groups -OCH3 is 2. The number of carbonyl (C=O) groups excluding carboxylic acids is 1. The molecule has 4 rings (SSSR count). The minimum Gasteiger partial charge on any atom is -0.497 e. The molecule has 0 aliphatic heterocycles. The number of nitrogens with zero attached hydrogens (tertiary/aromatic N) is 4. The second-order valence-electron chi connectivity index (χ2n) is 6.64. The Bertz CT molecular complexity index is 1240. The molecule has 0 fully saturated rings. The number of halogens is 1. The molecule has 2 heterocycles. The Balaban J connectivity index is 1.46. The van der Waals surface area contributed by atoms with Crippen LogP contribution in [-0.2, 0) is 0 Å². The van der Waals surface area contributed by atoms with Gasteiger partial charge in [0.2, 0.25) is 5.88 Å². The number of amides is 1. The summed E-state index contributed by atoms with van der Waals surface area (Å²) in [4.78, 5) is 12.2. The Kier molecular flexibility index (Phi) is 6.50. The molecule has 0 unspecified atom stereocenters. The first kappa shape index (κ1) is 21.6. The lowest BCUT2D eigenvalue weighted by atomic mass is 10.2. The molecular weight excluding hydrogens is 478 g/mol. The van der Waals surface area contributed by atoms with Crippen LogP contribution in [0.25, 0.3) is 17.0 Å². The van der Waals surface area contributed by atoms with E-state index < -0.39 is 0 Å². The summed E-state index contributed by atoms with van der Waals surface area (Å²) in [5.41, 5.74) is 1.82. The van der Waals surface area contributed by atoms with E-state index in [9.17, 15) is 4.79 Å². The predicted octanol–water partition coefficient (Wildman–Crippen LogP) is 3.38. The molecule has 9 nitrogen and oxygen atoms in total. The number of rotatable bonds is 8. The highest BCUT2D eigenvalue weighted by Gasteiger charge is 2.16. The van der Waals surface area contributed by atoms with E-state index in [1.54, 1.807) is 55.1 Å². The van der Waals surface area contributed by atoms with Gasteiger partial charge in [0.15, 0.2) is 11.5 Å². The van der Waals surface area contributed by atoms with Crippen LogP contribution in [0.15, 0.2) is 59.1 Å². The summed E-state index contributed by atoms with van der Waals surface area (Å²) in [6, 6.07) is 16.0. The van der Waals surface area contributed by atoms with Gasteiger partial charge >= 0.3 is 0 Å². The smallest absolute Gasteiger partial charge is 0.251 e. The van der Waals surface area contributed by atoms with E-state index in [0.29, 0.717) is 46.5 Å². The highest BCUT2D eigenvalue weighted by Crippen LogP contribution is 2.32. The lowest BCUT2D eigenvalue weighted by molar-refractivity contribution is 0.0946. The fourth-order valence-electron chi connectivity index (χ4n) is 3.03. The molecule has 10 heteroatoms. The maximum absolute atomic E-state index is 12.2. The molecule has 0 radical (unpaired) electrons. The van der Waals surface area contributed by atoms with Crippen molar-refractivity contribution in [2.45, 2.75) is 0 Å². The van der Waals surface area contributed by atoms with Crippen molar-refractivity contribution in [2.75, 3.05) is 27.4 Å². The first-order chi connectivity index (χ1) is 15.6. The van der Waals surface area contributed by atoms with Crippen molar-refractivity contribution in [1.29, 1.82) is 0 Å². The van der Waals surface area contributed by atoms with Gasteiger partial charge in [0.25, 0.3) is 5.91 Å². The van der Waals surface area contributed by atoms with Crippen molar-refractivity contribution in [3.8, 4) is 28.8 Å². The Morgan fingerprint density at radius 2 is 1.84 bits per heavy atom. The minimum atomic E-state index is -0.171. The van der Waals surface area contributed by atoms with E-state index >= 15 is 0 Å². The Labute approximate surface area is 192 Å². The summed E-state index contributed by atoms with van der Waals surface area (Å²) in [5.74, 6) is 1.97. The summed E-state index contributed by atoms with van der Waals surface area (Å²) in [6.07, 6.45) is 0. The molecule has 0 aliphatic rings. The van der Waals surface area contributed by atoms with Crippen molar-refractivity contribution in [3.05, 3.63) is 64.6 Å². The van der Waals surface area contributed by atoms with Crippen molar-refractivity contribution >= 4 is 27.5 Å². The van der Waals surface area contributed by atoms with E-state index in [4.69, 9.17) is 14.2 Å². The predicted molar refractivity (Wildman–Crippen MR) is 121 cm³/mol. The van der Waals surface area contributed by atoms with Gasteiger partial charge < -0.3 is 19.5 Å². The molecular formula is C22H20BrN5O4. The molecule has 2 aromatic heterocycles. The maximum atomic E-state index is 12.2. The average molecular weight is 498 g/mol. The van der Waals surface area contributed by atoms with Crippen molar-refractivity contribution in [1.82, 2.24) is 25.1 Å². The lowest BCUT2D eigenvalue weighted by Crippen LogP contribution is -2.28. The number of hydrogen-bond acceptors (Lipinski definition) is 7.